The number of Topliss-reactive ketones (excluding diaryl/α,β-unsaturated/α-hetero) is 1. The summed E-state index contributed by atoms with van der Waals surface area (Å²) in [5, 5.41) is 3.29. The molecule has 1 fully saturated rings. The van der Waals surface area contributed by atoms with E-state index in [2.05, 4.69) is 12.2 Å². The zero-order chi connectivity index (χ0) is 11.3. The average molecular weight is 213 g/mol. The van der Waals surface area contributed by atoms with Crippen LogP contribution >= 0.6 is 0 Å². The van der Waals surface area contributed by atoms with E-state index in [0.29, 0.717) is 0 Å². The van der Waals surface area contributed by atoms with Crippen LogP contribution in [-0.4, -0.2) is 31.6 Å². The van der Waals surface area contributed by atoms with Gasteiger partial charge in [0.05, 0.1) is 6.10 Å². The molecule has 1 N–H and O–H groups in total. The fourth-order valence-electron chi connectivity index (χ4n) is 2.21. The van der Waals surface area contributed by atoms with Gasteiger partial charge in [-0.2, -0.15) is 0 Å². The lowest BCUT2D eigenvalue weighted by Crippen LogP contribution is -2.36. The second-order valence-corrected chi connectivity index (χ2v) is 4.74. The van der Waals surface area contributed by atoms with Crippen molar-refractivity contribution in [2.75, 3.05) is 19.7 Å². The van der Waals surface area contributed by atoms with Crippen LogP contribution in [0.1, 0.15) is 40.0 Å². The molecule has 0 spiro atoms. The molecule has 1 unspecified atom stereocenters. The van der Waals surface area contributed by atoms with Crippen molar-refractivity contribution in [3.63, 3.8) is 0 Å². The predicted molar refractivity (Wildman–Crippen MR) is 60.9 cm³/mol. The normalized spacial score (nSPS) is 26.1. The maximum Gasteiger partial charge on any atom is 0.165 e. The molecule has 88 valence electrons. The zero-order valence-electron chi connectivity index (χ0n) is 10.1. The Morgan fingerprint density at radius 2 is 2.27 bits per heavy atom. The number of ketones is 1. The molecule has 1 aliphatic rings. The SMILES string of the molecule is CCCC1(C(=O)COC(C)C)CCNC1. The fraction of sp³-hybridized carbons (Fsp3) is 0.917. The van der Waals surface area contributed by atoms with Crippen LogP contribution in [0.3, 0.4) is 0 Å². The molecule has 3 nitrogen and oxygen atoms in total. The third-order valence-corrected chi connectivity index (χ3v) is 3.11. The molecule has 0 amide bonds. The van der Waals surface area contributed by atoms with Crippen molar-refractivity contribution < 1.29 is 9.53 Å². The minimum atomic E-state index is -0.135. The van der Waals surface area contributed by atoms with Crippen molar-refractivity contribution in [3.05, 3.63) is 0 Å². The number of carbonyl (C=O) groups excluding carboxylic acids is 1. The molecule has 15 heavy (non-hydrogen) atoms. The Hall–Kier alpha value is -0.410. The Balaban J connectivity index is 2.51. The van der Waals surface area contributed by atoms with Crippen molar-refractivity contribution in [2.45, 2.75) is 46.1 Å². The lowest BCUT2D eigenvalue weighted by Gasteiger charge is -2.26. The van der Waals surface area contributed by atoms with Crippen molar-refractivity contribution >= 4 is 5.78 Å². The number of rotatable bonds is 6. The van der Waals surface area contributed by atoms with Gasteiger partial charge in [-0.05, 0) is 33.2 Å². The topological polar surface area (TPSA) is 38.3 Å². The van der Waals surface area contributed by atoms with Gasteiger partial charge in [0.25, 0.3) is 0 Å². The van der Waals surface area contributed by atoms with Crippen molar-refractivity contribution in [2.24, 2.45) is 5.41 Å². The van der Waals surface area contributed by atoms with E-state index in [1.165, 1.54) is 0 Å². The standard InChI is InChI=1S/C12H23NO2/c1-4-5-12(6-7-13-9-12)11(14)8-15-10(2)3/h10,13H,4-9H2,1-3H3. The average Bonchev–Trinajstić information content (AvgIpc) is 2.64. The Kier molecular flexibility index (Phi) is 4.74. The van der Waals surface area contributed by atoms with E-state index in [9.17, 15) is 4.79 Å². The lowest BCUT2D eigenvalue weighted by atomic mass is 9.79. The van der Waals surface area contributed by atoms with E-state index < -0.39 is 0 Å². The summed E-state index contributed by atoms with van der Waals surface area (Å²) in [5.41, 5.74) is -0.135. The molecule has 1 heterocycles. The Labute approximate surface area is 92.6 Å². The molecule has 0 saturated carbocycles. The summed E-state index contributed by atoms with van der Waals surface area (Å²) >= 11 is 0. The van der Waals surface area contributed by atoms with E-state index in [1.807, 2.05) is 13.8 Å². The highest BCUT2D eigenvalue weighted by Crippen LogP contribution is 2.32. The monoisotopic (exact) mass is 213 g/mol. The molecule has 1 atom stereocenters. The molecule has 0 radical (unpaired) electrons. The second kappa shape index (κ2) is 5.61. The summed E-state index contributed by atoms with van der Waals surface area (Å²) in [7, 11) is 0. The summed E-state index contributed by atoms with van der Waals surface area (Å²) in [6.45, 7) is 8.14. The minimum absolute atomic E-state index is 0.135. The second-order valence-electron chi connectivity index (χ2n) is 4.74. The summed E-state index contributed by atoms with van der Waals surface area (Å²) in [6.07, 6.45) is 3.17. The molecule has 0 bridgehead atoms. The molecule has 0 aromatic heterocycles. The van der Waals surface area contributed by atoms with E-state index in [1.54, 1.807) is 0 Å². The zero-order valence-corrected chi connectivity index (χ0v) is 10.1. The molecule has 0 aliphatic carbocycles. The number of hydrogen-bond acceptors (Lipinski definition) is 3. The number of carbonyl (C=O) groups is 1. The highest BCUT2D eigenvalue weighted by atomic mass is 16.5. The Bertz CT molecular complexity index is 208. The fourth-order valence-corrected chi connectivity index (χ4v) is 2.21. The van der Waals surface area contributed by atoms with Gasteiger partial charge in [-0.25, -0.2) is 0 Å². The molecule has 0 aromatic rings. The van der Waals surface area contributed by atoms with Crippen molar-refractivity contribution in [1.29, 1.82) is 0 Å². The summed E-state index contributed by atoms with van der Waals surface area (Å²) in [4.78, 5) is 12.1. The Morgan fingerprint density at radius 3 is 2.73 bits per heavy atom. The summed E-state index contributed by atoms with van der Waals surface area (Å²) in [6, 6.07) is 0. The molecular formula is C12H23NO2. The van der Waals surface area contributed by atoms with E-state index in [0.717, 1.165) is 32.4 Å². The van der Waals surface area contributed by atoms with Crippen LogP contribution < -0.4 is 5.32 Å². The van der Waals surface area contributed by atoms with Gasteiger partial charge in [-0.3, -0.25) is 4.79 Å². The van der Waals surface area contributed by atoms with E-state index >= 15 is 0 Å². The number of hydrogen-bond donors (Lipinski definition) is 1. The minimum Gasteiger partial charge on any atom is -0.371 e. The first-order valence-corrected chi connectivity index (χ1v) is 5.96. The van der Waals surface area contributed by atoms with Gasteiger partial charge in [-0.1, -0.05) is 13.3 Å². The highest BCUT2D eigenvalue weighted by Gasteiger charge is 2.39. The predicted octanol–water partition coefficient (Wildman–Crippen LogP) is 1.76. The Morgan fingerprint density at radius 1 is 1.53 bits per heavy atom. The van der Waals surface area contributed by atoms with E-state index in [4.69, 9.17) is 4.74 Å². The molecule has 1 saturated heterocycles. The van der Waals surface area contributed by atoms with Crippen LogP contribution in [-0.2, 0) is 9.53 Å². The van der Waals surface area contributed by atoms with Gasteiger partial charge in [0.1, 0.15) is 6.61 Å². The first-order chi connectivity index (χ1) is 7.10. The molecule has 0 aromatic carbocycles. The summed E-state index contributed by atoms with van der Waals surface area (Å²) < 4.78 is 5.41. The van der Waals surface area contributed by atoms with Gasteiger partial charge in [0.15, 0.2) is 5.78 Å². The van der Waals surface area contributed by atoms with Crippen LogP contribution in [0.5, 0.6) is 0 Å². The van der Waals surface area contributed by atoms with Crippen LogP contribution in [0.25, 0.3) is 0 Å². The van der Waals surface area contributed by atoms with Crippen LogP contribution in [0.15, 0.2) is 0 Å². The van der Waals surface area contributed by atoms with Gasteiger partial charge < -0.3 is 10.1 Å². The van der Waals surface area contributed by atoms with Crippen molar-refractivity contribution in [1.82, 2.24) is 5.32 Å². The highest BCUT2D eigenvalue weighted by molar-refractivity contribution is 5.86. The molecule has 1 aliphatic heterocycles. The maximum atomic E-state index is 12.1. The third-order valence-electron chi connectivity index (χ3n) is 3.11. The van der Waals surface area contributed by atoms with Gasteiger partial charge in [0, 0.05) is 12.0 Å². The first kappa shape index (κ1) is 12.7. The number of nitrogens with one attached hydrogen (secondary N) is 1. The summed E-state index contributed by atoms with van der Waals surface area (Å²) in [5.74, 6) is 0.281. The quantitative estimate of drug-likeness (QED) is 0.730. The molecular weight excluding hydrogens is 190 g/mol. The molecule has 1 rings (SSSR count). The number of ether oxygens (including phenoxy) is 1. The maximum absolute atomic E-state index is 12.1. The van der Waals surface area contributed by atoms with Crippen LogP contribution in [0.2, 0.25) is 0 Å². The lowest BCUT2D eigenvalue weighted by molar-refractivity contribution is -0.134. The van der Waals surface area contributed by atoms with Crippen LogP contribution in [0.4, 0.5) is 0 Å². The van der Waals surface area contributed by atoms with Gasteiger partial charge >= 0.3 is 0 Å². The largest absolute Gasteiger partial charge is 0.371 e. The van der Waals surface area contributed by atoms with Gasteiger partial charge in [0.2, 0.25) is 0 Å². The van der Waals surface area contributed by atoms with Crippen molar-refractivity contribution in [3.8, 4) is 0 Å². The van der Waals surface area contributed by atoms with Crippen LogP contribution in [0, 0.1) is 5.41 Å². The van der Waals surface area contributed by atoms with Gasteiger partial charge in [-0.15, -0.1) is 0 Å². The molecule has 3 heteroatoms. The first-order valence-electron chi connectivity index (χ1n) is 5.96. The third kappa shape index (κ3) is 3.28. The smallest absolute Gasteiger partial charge is 0.165 e. The van der Waals surface area contributed by atoms with E-state index in [-0.39, 0.29) is 23.9 Å².